The smallest absolute Gasteiger partial charge is 0.116 e. The Labute approximate surface area is 177 Å². The van der Waals surface area contributed by atoms with Crippen LogP contribution in [0.3, 0.4) is 0 Å². The number of pyridine rings is 2. The molecule has 5 heterocycles. The van der Waals surface area contributed by atoms with Gasteiger partial charge in [0.2, 0.25) is 0 Å². The molecule has 5 aromatic heterocycles. The van der Waals surface area contributed by atoms with E-state index in [9.17, 15) is 0 Å². The summed E-state index contributed by atoms with van der Waals surface area (Å²) in [5.41, 5.74) is 5.75. The SMILES string of the molecule is C=C(/C=c1/c(-c2cc3c(-c4cccs4)cncc3[nH]2)n[nH]/c1=C/C)c1cccnc1. The number of H-pyrrole nitrogens is 2. The van der Waals surface area contributed by atoms with Crippen LogP contribution in [0.15, 0.2) is 67.1 Å². The number of rotatable bonds is 4. The van der Waals surface area contributed by atoms with E-state index in [1.165, 1.54) is 4.88 Å². The number of hydrogen-bond acceptors (Lipinski definition) is 4. The minimum atomic E-state index is 0.849. The molecule has 0 fully saturated rings. The van der Waals surface area contributed by atoms with Gasteiger partial charge in [0.1, 0.15) is 5.69 Å². The minimum Gasteiger partial charge on any atom is -0.352 e. The highest BCUT2D eigenvalue weighted by Gasteiger charge is 2.13. The van der Waals surface area contributed by atoms with Crippen LogP contribution >= 0.6 is 11.3 Å². The normalized spacial score (nSPS) is 12.7. The lowest BCUT2D eigenvalue weighted by molar-refractivity contribution is 1.06. The van der Waals surface area contributed by atoms with E-state index in [1.54, 1.807) is 17.5 Å². The number of fused-ring (bicyclic) bond motifs is 1. The summed E-state index contributed by atoms with van der Waals surface area (Å²) >= 11 is 1.71. The molecule has 0 aromatic carbocycles. The van der Waals surface area contributed by atoms with Crippen LogP contribution < -0.4 is 10.6 Å². The predicted molar refractivity (Wildman–Crippen MR) is 124 cm³/mol. The van der Waals surface area contributed by atoms with E-state index >= 15 is 0 Å². The van der Waals surface area contributed by atoms with Gasteiger partial charge in [-0.25, -0.2) is 0 Å². The zero-order valence-corrected chi connectivity index (χ0v) is 17.2. The van der Waals surface area contributed by atoms with E-state index in [1.807, 2.05) is 43.7 Å². The van der Waals surface area contributed by atoms with Crippen LogP contribution in [0.4, 0.5) is 0 Å². The lowest BCUT2D eigenvalue weighted by Crippen LogP contribution is -2.23. The van der Waals surface area contributed by atoms with Crippen LogP contribution in [0, 0.1) is 0 Å². The standard InChI is InChI=1S/C24H19N5S/c1-3-20-18(10-15(2)16-6-4-8-25-12-16)24(29-28-20)21-11-17-19(23-7-5-9-30-23)13-26-14-22(17)27-21/h3-14,27-28H,2H2,1H3/b18-10+,20-3+. The van der Waals surface area contributed by atoms with Crippen LogP contribution in [0.25, 0.3) is 50.5 Å². The molecule has 0 aliphatic heterocycles. The van der Waals surface area contributed by atoms with Crippen molar-refractivity contribution in [2.75, 3.05) is 0 Å². The molecule has 5 aromatic rings. The lowest BCUT2D eigenvalue weighted by atomic mass is 10.1. The molecule has 0 saturated carbocycles. The van der Waals surface area contributed by atoms with Gasteiger partial charge >= 0.3 is 0 Å². The molecular weight excluding hydrogens is 390 g/mol. The summed E-state index contributed by atoms with van der Waals surface area (Å²) in [6.07, 6.45) is 11.4. The van der Waals surface area contributed by atoms with Gasteiger partial charge in [0.15, 0.2) is 0 Å². The average Bonchev–Trinajstić information content (AvgIpc) is 3.53. The first-order valence-electron chi connectivity index (χ1n) is 9.57. The van der Waals surface area contributed by atoms with Crippen molar-refractivity contribution in [1.82, 2.24) is 25.1 Å². The highest BCUT2D eigenvalue weighted by atomic mass is 32.1. The maximum Gasteiger partial charge on any atom is 0.116 e. The quantitative estimate of drug-likeness (QED) is 0.463. The molecule has 146 valence electrons. The second-order valence-corrected chi connectivity index (χ2v) is 7.86. The monoisotopic (exact) mass is 409 g/mol. The van der Waals surface area contributed by atoms with Crippen molar-refractivity contribution in [2.45, 2.75) is 6.92 Å². The van der Waals surface area contributed by atoms with Crippen molar-refractivity contribution >= 4 is 40.0 Å². The van der Waals surface area contributed by atoms with Gasteiger partial charge in [-0.3, -0.25) is 15.1 Å². The molecule has 0 atom stereocenters. The number of nitrogens with one attached hydrogen (secondary N) is 2. The summed E-state index contributed by atoms with van der Waals surface area (Å²) in [6.45, 7) is 6.22. The Balaban J connectivity index is 1.68. The molecule has 5 rings (SSSR count). The van der Waals surface area contributed by atoms with Crippen LogP contribution in [-0.4, -0.2) is 25.1 Å². The number of thiophene rings is 1. The molecule has 0 bridgehead atoms. The van der Waals surface area contributed by atoms with Crippen LogP contribution in [0.5, 0.6) is 0 Å². The summed E-state index contributed by atoms with van der Waals surface area (Å²) in [6, 6.07) is 10.2. The minimum absolute atomic E-state index is 0.849. The molecule has 0 aliphatic carbocycles. The number of aromatic nitrogens is 5. The van der Waals surface area contributed by atoms with E-state index < -0.39 is 0 Å². The molecule has 0 radical (unpaired) electrons. The van der Waals surface area contributed by atoms with Gasteiger partial charge in [0.05, 0.1) is 22.8 Å². The van der Waals surface area contributed by atoms with Crippen LogP contribution in [0.2, 0.25) is 0 Å². The first-order valence-corrected chi connectivity index (χ1v) is 10.5. The Kier molecular flexibility index (Phi) is 4.61. The van der Waals surface area contributed by atoms with Crippen molar-refractivity contribution in [2.24, 2.45) is 0 Å². The number of nitrogens with zero attached hydrogens (tertiary/aromatic N) is 3. The maximum atomic E-state index is 4.60. The van der Waals surface area contributed by atoms with Gasteiger partial charge in [-0.1, -0.05) is 24.8 Å². The third-order valence-electron chi connectivity index (χ3n) is 5.06. The van der Waals surface area contributed by atoms with Crippen molar-refractivity contribution in [1.29, 1.82) is 0 Å². The molecule has 0 unspecified atom stereocenters. The van der Waals surface area contributed by atoms with E-state index in [0.717, 1.165) is 49.6 Å². The van der Waals surface area contributed by atoms with E-state index in [0.29, 0.717) is 0 Å². The van der Waals surface area contributed by atoms with Crippen molar-refractivity contribution in [3.63, 3.8) is 0 Å². The molecular formula is C24H19N5S. The Morgan fingerprint density at radius 3 is 2.83 bits per heavy atom. The summed E-state index contributed by atoms with van der Waals surface area (Å²) < 4.78 is 0. The fraction of sp³-hybridized carbons (Fsp3) is 0.0417. The van der Waals surface area contributed by atoms with E-state index in [-0.39, 0.29) is 0 Å². The Bertz CT molecular complexity index is 1460. The molecule has 6 heteroatoms. The van der Waals surface area contributed by atoms with Gasteiger partial charge in [-0.2, -0.15) is 5.10 Å². The fourth-order valence-electron chi connectivity index (χ4n) is 3.55. The van der Waals surface area contributed by atoms with Crippen molar-refractivity contribution in [3.8, 4) is 21.8 Å². The second kappa shape index (κ2) is 7.57. The largest absolute Gasteiger partial charge is 0.352 e. The van der Waals surface area contributed by atoms with Crippen LogP contribution in [-0.2, 0) is 0 Å². The third-order valence-corrected chi connectivity index (χ3v) is 5.96. The molecule has 0 spiro atoms. The highest BCUT2D eigenvalue weighted by molar-refractivity contribution is 7.13. The second-order valence-electron chi connectivity index (χ2n) is 6.91. The first-order chi connectivity index (χ1) is 14.7. The van der Waals surface area contributed by atoms with Gasteiger partial charge in [0, 0.05) is 39.6 Å². The van der Waals surface area contributed by atoms with E-state index in [4.69, 9.17) is 0 Å². The molecule has 2 N–H and O–H groups in total. The summed E-state index contributed by atoms with van der Waals surface area (Å²) in [5, 5.41) is 12.9. The Morgan fingerprint density at radius 2 is 2.07 bits per heavy atom. The number of hydrogen-bond donors (Lipinski definition) is 2. The van der Waals surface area contributed by atoms with Crippen LogP contribution in [0.1, 0.15) is 12.5 Å². The number of allylic oxidation sites excluding steroid dienone is 1. The Hall–Kier alpha value is -3.77. The molecule has 0 aliphatic rings. The third kappa shape index (κ3) is 3.17. The number of aromatic amines is 2. The highest BCUT2D eigenvalue weighted by Crippen LogP contribution is 2.32. The molecule has 30 heavy (non-hydrogen) atoms. The molecule has 5 nitrogen and oxygen atoms in total. The average molecular weight is 410 g/mol. The van der Waals surface area contributed by atoms with Gasteiger partial charge in [-0.05, 0) is 47.7 Å². The topological polar surface area (TPSA) is 70.2 Å². The molecule has 0 saturated heterocycles. The van der Waals surface area contributed by atoms with Gasteiger partial charge in [0.25, 0.3) is 0 Å². The van der Waals surface area contributed by atoms with Gasteiger partial charge < -0.3 is 4.98 Å². The van der Waals surface area contributed by atoms with Crippen molar-refractivity contribution in [3.05, 3.63) is 83.2 Å². The zero-order chi connectivity index (χ0) is 20.5. The zero-order valence-electron chi connectivity index (χ0n) is 16.4. The van der Waals surface area contributed by atoms with E-state index in [2.05, 4.69) is 61.4 Å². The summed E-state index contributed by atoms with van der Waals surface area (Å²) in [4.78, 5) is 13.3. The first kappa shape index (κ1) is 18.3. The predicted octanol–water partition coefficient (Wildman–Crippen LogP) is 4.37. The molecule has 0 amide bonds. The van der Waals surface area contributed by atoms with Gasteiger partial charge in [-0.15, -0.1) is 11.3 Å². The maximum absolute atomic E-state index is 4.60. The summed E-state index contributed by atoms with van der Waals surface area (Å²) in [5.74, 6) is 0. The fourth-order valence-corrected chi connectivity index (χ4v) is 4.30. The van der Waals surface area contributed by atoms with Crippen molar-refractivity contribution < 1.29 is 0 Å². The lowest BCUT2D eigenvalue weighted by Gasteiger charge is -1.99. The summed E-state index contributed by atoms with van der Waals surface area (Å²) in [7, 11) is 0. The Morgan fingerprint density at radius 1 is 1.13 bits per heavy atom.